The molecule has 0 aliphatic carbocycles. The predicted molar refractivity (Wildman–Crippen MR) is 70.8 cm³/mol. The number of fused-ring (bicyclic) bond motifs is 1. The molecule has 3 aromatic rings. The van der Waals surface area contributed by atoms with Crippen LogP contribution in [0.2, 0.25) is 0 Å². The Bertz CT molecular complexity index is 665. The van der Waals surface area contributed by atoms with Gasteiger partial charge in [-0.25, -0.2) is 0 Å². The van der Waals surface area contributed by atoms with Crippen LogP contribution in [0.25, 0.3) is 22.3 Å². The maximum Gasteiger partial charge on any atom is 0.135 e. The summed E-state index contributed by atoms with van der Waals surface area (Å²) in [5.74, 6) is 0.880. The molecule has 0 spiro atoms. The Kier molecular flexibility index (Phi) is 2.15. The summed E-state index contributed by atoms with van der Waals surface area (Å²) in [4.78, 5) is 0. The van der Waals surface area contributed by atoms with Crippen LogP contribution in [-0.2, 0) is 0 Å². The van der Waals surface area contributed by atoms with Gasteiger partial charge in [-0.3, -0.25) is 0 Å². The first-order valence-electron chi connectivity index (χ1n) is 5.58. The molecule has 1 heterocycles. The average Bonchev–Trinajstić information content (AvgIpc) is 2.72. The lowest BCUT2D eigenvalue weighted by Gasteiger charge is -1.96. The van der Waals surface area contributed by atoms with Crippen molar-refractivity contribution < 1.29 is 4.42 Å². The van der Waals surface area contributed by atoms with Gasteiger partial charge in [-0.2, -0.15) is 0 Å². The van der Waals surface area contributed by atoms with Gasteiger partial charge in [0.1, 0.15) is 11.3 Å². The van der Waals surface area contributed by atoms with E-state index >= 15 is 0 Å². The normalized spacial score (nSPS) is 10.9. The van der Waals surface area contributed by atoms with Crippen molar-refractivity contribution in [3.63, 3.8) is 0 Å². The van der Waals surface area contributed by atoms with Crippen molar-refractivity contribution in [2.75, 3.05) is 5.73 Å². The van der Waals surface area contributed by atoms with E-state index in [9.17, 15) is 0 Å². The van der Waals surface area contributed by atoms with Gasteiger partial charge in [0, 0.05) is 16.6 Å². The van der Waals surface area contributed by atoms with E-state index in [1.807, 2.05) is 24.3 Å². The molecule has 0 fully saturated rings. The van der Waals surface area contributed by atoms with Crippen LogP contribution in [0.4, 0.5) is 5.69 Å². The highest BCUT2D eigenvalue weighted by atomic mass is 16.3. The SMILES string of the molecule is Cc1ccc(-c2cc3cc(N)ccc3o2)cc1. The Morgan fingerprint density at radius 3 is 2.47 bits per heavy atom. The first-order valence-corrected chi connectivity index (χ1v) is 5.58. The minimum Gasteiger partial charge on any atom is -0.456 e. The molecule has 2 N–H and O–H groups in total. The van der Waals surface area contributed by atoms with Crippen LogP contribution in [0, 0.1) is 6.92 Å². The second-order valence-electron chi connectivity index (χ2n) is 4.27. The average molecular weight is 223 g/mol. The number of nitrogens with two attached hydrogens (primary N) is 1. The molecule has 0 aliphatic heterocycles. The minimum atomic E-state index is 0.758. The summed E-state index contributed by atoms with van der Waals surface area (Å²) in [6.45, 7) is 2.07. The largest absolute Gasteiger partial charge is 0.456 e. The van der Waals surface area contributed by atoms with Crippen LogP contribution < -0.4 is 5.73 Å². The quantitative estimate of drug-likeness (QED) is 0.633. The Hall–Kier alpha value is -2.22. The smallest absolute Gasteiger partial charge is 0.135 e. The molecular formula is C15H13NO. The molecular weight excluding hydrogens is 210 g/mol. The van der Waals surface area contributed by atoms with Gasteiger partial charge in [0.15, 0.2) is 0 Å². The molecule has 0 radical (unpaired) electrons. The van der Waals surface area contributed by atoms with Crippen molar-refractivity contribution in [2.24, 2.45) is 0 Å². The molecule has 0 unspecified atom stereocenters. The number of nitrogen functional groups attached to an aromatic ring is 1. The highest BCUT2D eigenvalue weighted by molar-refractivity contribution is 5.85. The van der Waals surface area contributed by atoms with E-state index in [1.165, 1.54) is 5.56 Å². The third-order valence-corrected chi connectivity index (χ3v) is 2.88. The Labute approximate surface area is 99.7 Å². The van der Waals surface area contributed by atoms with Gasteiger partial charge in [-0.05, 0) is 31.2 Å². The third-order valence-electron chi connectivity index (χ3n) is 2.88. The summed E-state index contributed by atoms with van der Waals surface area (Å²) in [5.41, 5.74) is 9.71. The fourth-order valence-corrected chi connectivity index (χ4v) is 1.92. The molecule has 0 atom stereocenters. The van der Waals surface area contributed by atoms with E-state index in [0.717, 1.165) is 28.0 Å². The summed E-state index contributed by atoms with van der Waals surface area (Å²) in [6.07, 6.45) is 0. The zero-order chi connectivity index (χ0) is 11.8. The fourth-order valence-electron chi connectivity index (χ4n) is 1.92. The van der Waals surface area contributed by atoms with Gasteiger partial charge in [0.25, 0.3) is 0 Å². The van der Waals surface area contributed by atoms with Crippen molar-refractivity contribution in [1.82, 2.24) is 0 Å². The molecule has 2 heteroatoms. The lowest BCUT2D eigenvalue weighted by molar-refractivity contribution is 0.631. The van der Waals surface area contributed by atoms with Gasteiger partial charge < -0.3 is 10.2 Å². The van der Waals surface area contributed by atoms with Crippen LogP contribution >= 0.6 is 0 Å². The highest BCUT2D eigenvalue weighted by Gasteiger charge is 2.05. The first-order chi connectivity index (χ1) is 8.22. The minimum absolute atomic E-state index is 0.758. The van der Waals surface area contributed by atoms with Gasteiger partial charge in [0.05, 0.1) is 0 Å². The number of hydrogen-bond donors (Lipinski definition) is 1. The Balaban J connectivity index is 2.14. The summed E-state index contributed by atoms with van der Waals surface area (Å²) >= 11 is 0. The molecule has 84 valence electrons. The number of benzene rings is 2. The maximum absolute atomic E-state index is 5.79. The Morgan fingerprint density at radius 1 is 0.941 bits per heavy atom. The van der Waals surface area contributed by atoms with E-state index in [1.54, 1.807) is 0 Å². The predicted octanol–water partition coefficient (Wildman–Crippen LogP) is 3.99. The van der Waals surface area contributed by atoms with Gasteiger partial charge in [-0.1, -0.05) is 29.8 Å². The van der Waals surface area contributed by atoms with Crippen LogP contribution in [0.15, 0.2) is 52.9 Å². The summed E-state index contributed by atoms with van der Waals surface area (Å²) in [7, 11) is 0. The number of anilines is 1. The summed E-state index contributed by atoms with van der Waals surface area (Å²) in [5, 5.41) is 1.04. The van der Waals surface area contributed by atoms with Crippen molar-refractivity contribution >= 4 is 16.7 Å². The lowest BCUT2D eigenvalue weighted by atomic mass is 10.1. The van der Waals surface area contributed by atoms with Gasteiger partial charge in [-0.15, -0.1) is 0 Å². The zero-order valence-electron chi connectivity index (χ0n) is 9.60. The topological polar surface area (TPSA) is 39.2 Å². The van der Waals surface area contributed by atoms with Crippen molar-refractivity contribution in [1.29, 1.82) is 0 Å². The zero-order valence-corrected chi connectivity index (χ0v) is 9.60. The van der Waals surface area contributed by atoms with Gasteiger partial charge >= 0.3 is 0 Å². The monoisotopic (exact) mass is 223 g/mol. The first kappa shape index (κ1) is 9.97. The molecule has 17 heavy (non-hydrogen) atoms. The number of aryl methyl sites for hydroxylation is 1. The molecule has 0 saturated carbocycles. The molecule has 0 bridgehead atoms. The maximum atomic E-state index is 5.79. The molecule has 2 nitrogen and oxygen atoms in total. The van der Waals surface area contributed by atoms with E-state index in [0.29, 0.717) is 0 Å². The third kappa shape index (κ3) is 1.78. The highest BCUT2D eigenvalue weighted by Crippen LogP contribution is 2.28. The molecule has 0 saturated heterocycles. The summed E-state index contributed by atoms with van der Waals surface area (Å²) < 4.78 is 5.79. The van der Waals surface area contributed by atoms with Crippen LogP contribution in [0.1, 0.15) is 5.56 Å². The fraction of sp³-hybridized carbons (Fsp3) is 0.0667. The summed E-state index contributed by atoms with van der Waals surface area (Å²) in [6, 6.07) is 16.0. The second kappa shape index (κ2) is 3.67. The van der Waals surface area contributed by atoms with Crippen LogP contribution in [0.3, 0.4) is 0 Å². The lowest BCUT2D eigenvalue weighted by Crippen LogP contribution is -1.80. The second-order valence-corrected chi connectivity index (χ2v) is 4.27. The standard InChI is InChI=1S/C15H13NO/c1-10-2-4-11(5-3-10)15-9-12-8-13(16)6-7-14(12)17-15/h2-9H,16H2,1H3. The van der Waals surface area contributed by atoms with Crippen molar-refractivity contribution in [3.05, 3.63) is 54.1 Å². The molecule has 2 aromatic carbocycles. The van der Waals surface area contributed by atoms with E-state index in [-0.39, 0.29) is 0 Å². The van der Waals surface area contributed by atoms with Crippen molar-refractivity contribution in [2.45, 2.75) is 6.92 Å². The molecule has 3 rings (SSSR count). The Morgan fingerprint density at radius 2 is 1.71 bits per heavy atom. The molecule has 1 aromatic heterocycles. The van der Waals surface area contributed by atoms with Gasteiger partial charge in [0.2, 0.25) is 0 Å². The van der Waals surface area contributed by atoms with E-state index in [4.69, 9.17) is 10.2 Å². The number of furan rings is 1. The van der Waals surface area contributed by atoms with E-state index < -0.39 is 0 Å². The molecule has 0 aliphatic rings. The molecule has 0 amide bonds. The van der Waals surface area contributed by atoms with Crippen molar-refractivity contribution in [3.8, 4) is 11.3 Å². The van der Waals surface area contributed by atoms with Crippen LogP contribution in [0.5, 0.6) is 0 Å². The van der Waals surface area contributed by atoms with E-state index in [2.05, 4.69) is 31.2 Å². The number of hydrogen-bond acceptors (Lipinski definition) is 2. The number of rotatable bonds is 1. The van der Waals surface area contributed by atoms with Crippen LogP contribution in [-0.4, -0.2) is 0 Å².